The maximum atomic E-state index is 12.4. The van der Waals surface area contributed by atoms with Crippen LogP contribution in [0.15, 0.2) is 9.42 Å². The molecule has 0 radical (unpaired) electrons. The van der Waals surface area contributed by atoms with Crippen molar-refractivity contribution in [2.45, 2.75) is 52.0 Å². The average Bonchev–Trinajstić information content (AvgIpc) is 2.56. The van der Waals surface area contributed by atoms with Crippen molar-refractivity contribution in [3.8, 4) is 0 Å². The van der Waals surface area contributed by atoms with Gasteiger partial charge in [-0.2, -0.15) is 0 Å². The molecule has 0 bridgehead atoms. The van der Waals surface area contributed by atoms with E-state index < -0.39 is 26.9 Å². The molecule has 2 N–H and O–H groups in total. The zero-order valence-electron chi connectivity index (χ0n) is 12.4. The normalized spacial score (nSPS) is 13.5. The number of nitrogens with zero attached hydrogens (tertiary/aromatic N) is 1. The molecule has 0 saturated carbocycles. The molecule has 0 unspecified atom stereocenters. The topological polar surface area (TPSA) is 110 Å². The molecule has 0 aliphatic rings. The van der Waals surface area contributed by atoms with Crippen molar-refractivity contribution in [2.75, 3.05) is 0 Å². The highest BCUT2D eigenvalue weighted by atomic mass is 32.2. The largest absolute Gasteiger partial charge is 0.481 e. The molecular formula is C12H20N2O5S. The zero-order chi connectivity index (χ0) is 15.9. The van der Waals surface area contributed by atoms with Crippen molar-refractivity contribution in [1.82, 2.24) is 9.88 Å². The van der Waals surface area contributed by atoms with Gasteiger partial charge in [-0.1, -0.05) is 5.16 Å². The van der Waals surface area contributed by atoms with Crippen LogP contribution < -0.4 is 4.72 Å². The van der Waals surface area contributed by atoms with Gasteiger partial charge in [-0.15, -0.1) is 0 Å². The van der Waals surface area contributed by atoms with Crippen molar-refractivity contribution >= 4 is 16.0 Å². The lowest BCUT2D eigenvalue weighted by atomic mass is 9.75. The molecule has 8 heteroatoms. The van der Waals surface area contributed by atoms with Crippen LogP contribution in [0.1, 0.15) is 39.1 Å². The van der Waals surface area contributed by atoms with Crippen LogP contribution in [0.25, 0.3) is 0 Å². The summed E-state index contributed by atoms with van der Waals surface area (Å²) in [4.78, 5) is 11.3. The van der Waals surface area contributed by atoms with Crippen LogP contribution in [-0.2, 0) is 14.8 Å². The number of rotatable bonds is 5. The Labute approximate surface area is 118 Å². The summed E-state index contributed by atoms with van der Waals surface area (Å²) in [6.07, 6.45) is 0. The summed E-state index contributed by atoms with van der Waals surface area (Å²) in [6.45, 7) is 8.98. The molecule has 0 amide bonds. The highest BCUT2D eigenvalue weighted by molar-refractivity contribution is 7.89. The lowest BCUT2D eigenvalue weighted by molar-refractivity contribution is -0.150. The predicted octanol–water partition coefficient (Wildman–Crippen LogP) is 1.46. The van der Waals surface area contributed by atoms with Crippen LogP contribution in [0.2, 0.25) is 0 Å². The summed E-state index contributed by atoms with van der Waals surface area (Å²) < 4.78 is 32.1. The van der Waals surface area contributed by atoms with Crippen LogP contribution in [0.3, 0.4) is 0 Å². The molecule has 0 saturated heterocycles. The van der Waals surface area contributed by atoms with Gasteiger partial charge >= 0.3 is 5.97 Å². The third kappa shape index (κ3) is 2.71. The van der Waals surface area contributed by atoms with Crippen LogP contribution in [0.4, 0.5) is 0 Å². The van der Waals surface area contributed by atoms with Crippen LogP contribution in [0.5, 0.6) is 0 Å². The fraction of sp³-hybridized carbons (Fsp3) is 0.667. The Bertz CT molecular complexity index is 609. The molecule has 0 fully saturated rings. The number of nitrogens with one attached hydrogen (secondary N) is 1. The van der Waals surface area contributed by atoms with Gasteiger partial charge in [0.05, 0.1) is 5.41 Å². The quantitative estimate of drug-likeness (QED) is 0.852. The van der Waals surface area contributed by atoms with Crippen molar-refractivity contribution in [3.05, 3.63) is 11.5 Å². The van der Waals surface area contributed by atoms with Gasteiger partial charge in [0.25, 0.3) is 0 Å². The smallest absolute Gasteiger partial charge is 0.310 e. The van der Waals surface area contributed by atoms with Crippen molar-refractivity contribution in [3.63, 3.8) is 0 Å². The number of aryl methyl sites for hydroxylation is 2. The lowest BCUT2D eigenvalue weighted by Gasteiger charge is -2.38. The Kier molecular flexibility index (Phi) is 4.04. The van der Waals surface area contributed by atoms with E-state index in [-0.39, 0.29) is 16.3 Å². The van der Waals surface area contributed by atoms with Gasteiger partial charge in [0.1, 0.15) is 10.6 Å². The summed E-state index contributed by atoms with van der Waals surface area (Å²) >= 11 is 0. The molecule has 1 heterocycles. The van der Waals surface area contributed by atoms with E-state index in [0.717, 1.165) is 0 Å². The minimum Gasteiger partial charge on any atom is -0.481 e. The third-order valence-electron chi connectivity index (χ3n) is 3.72. The van der Waals surface area contributed by atoms with E-state index in [2.05, 4.69) is 9.88 Å². The molecule has 1 aromatic rings. The number of aromatic nitrogens is 1. The molecule has 0 spiro atoms. The van der Waals surface area contributed by atoms with E-state index in [1.54, 1.807) is 0 Å². The Morgan fingerprint density at radius 3 is 2.10 bits per heavy atom. The monoisotopic (exact) mass is 304 g/mol. The van der Waals surface area contributed by atoms with Gasteiger partial charge in [-0.25, -0.2) is 13.1 Å². The van der Waals surface area contributed by atoms with E-state index in [1.807, 2.05) is 0 Å². The first-order chi connectivity index (χ1) is 8.83. The minimum absolute atomic E-state index is 0.0493. The Morgan fingerprint density at radius 1 is 1.25 bits per heavy atom. The summed E-state index contributed by atoms with van der Waals surface area (Å²) in [5, 5.41) is 12.8. The van der Waals surface area contributed by atoms with Gasteiger partial charge in [-0.3, -0.25) is 4.79 Å². The number of carboxylic acid groups (broad SMARTS) is 1. The van der Waals surface area contributed by atoms with Crippen LogP contribution in [-0.4, -0.2) is 30.2 Å². The number of aliphatic carboxylic acids is 1. The van der Waals surface area contributed by atoms with Gasteiger partial charge < -0.3 is 9.63 Å². The standard InChI is InChI=1S/C12H20N2O5S/c1-7-9(8(2)19-13-7)20(17,18)14-12(5,6)11(3,4)10(15)16/h14H,1-6H3,(H,15,16). The number of hydrogen-bond acceptors (Lipinski definition) is 5. The van der Waals surface area contributed by atoms with Gasteiger partial charge in [0, 0.05) is 5.54 Å². The molecule has 7 nitrogen and oxygen atoms in total. The number of sulfonamides is 1. The molecule has 1 aromatic heterocycles. The van der Waals surface area contributed by atoms with Gasteiger partial charge in [-0.05, 0) is 41.5 Å². The van der Waals surface area contributed by atoms with E-state index in [4.69, 9.17) is 4.52 Å². The summed E-state index contributed by atoms with van der Waals surface area (Å²) in [5.74, 6) is -0.928. The lowest BCUT2D eigenvalue weighted by Crippen LogP contribution is -2.56. The van der Waals surface area contributed by atoms with E-state index in [0.29, 0.717) is 0 Å². The molecule has 114 valence electrons. The van der Waals surface area contributed by atoms with Crippen LogP contribution >= 0.6 is 0 Å². The highest BCUT2D eigenvalue weighted by Crippen LogP contribution is 2.33. The third-order valence-corrected chi connectivity index (χ3v) is 5.62. The van der Waals surface area contributed by atoms with Crippen molar-refractivity contribution in [2.24, 2.45) is 5.41 Å². The molecule has 1 rings (SSSR count). The molecule has 0 aromatic carbocycles. The van der Waals surface area contributed by atoms with Crippen LogP contribution in [0, 0.1) is 19.3 Å². The van der Waals surface area contributed by atoms with E-state index >= 15 is 0 Å². The molecule has 20 heavy (non-hydrogen) atoms. The Hall–Kier alpha value is -1.41. The van der Waals surface area contributed by atoms with Gasteiger partial charge in [0.2, 0.25) is 10.0 Å². The summed E-state index contributed by atoms with van der Waals surface area (Å²) in [5.41, 5.74) is -2.26. The fourth-order valence-electron chi connectivity index (χ4n) is 1.64. The number of carboxylic acids is 1. The second-order valence-electron chi connectivity index (χ2n) is 5.81. The average molecular weight is 304 g/mol. The number of hydrogen-bond donors (Lipinski definition) is 2. The Morgan fingerprint density at radius 2 is 1.75 bits per heavy atom. The highest BCUT2D eigenvalue weighted by Gasteiger charge is 2.46. The second-order valence-corrected chi connectivity index (χ2v) is 7.43. The molecule has 0 aliphatic heterocycles. The molecule has 0 atom stereocenters. The molecule has 0 aliphatic carbocycles. The first-order valence-electron chi connectivity index (χ1n) is 6.03. The maximum absolute atomic E-state index is 12.4. The minimum atomic E-state index is -3.92. The Balaban J connectivity index is 3.25. The maximum Gasteiger partial charge on any atom is 0.310 e. The molecular weight excluding hydrogens is 284 g/mol. The zero-order valence-corrected chi connectivity index (χ0v) is 13.3. The van der Waals surface area contributed by atoms with Gasteiger partial charge in [0.15, 0.2) is 5.76 Å². The first kappa shape index (κ1) is 16.6. The SMILES string of the molecule is Cc1noc(C)c1S(=O)(=O)NC(C)(C)C(C)(C)C(=O)O. The summed E-state index contributed by atoms with van der Waals surface area (Å²) in [7, 11) is -3.92. The second kappa shape index (κ2) is 4.85. The first-order valence-corrected chi connectivity index (χ1v) is 7.51. The predicted molar refractivity (Wildman–Crippen MR) is 71.8 cm³/mol. The number of carbonyl (C=O) groups is 1. The van der Waals surface area contributed by atoms with E-state index in [1.165, 1.54) is 41.5 Å². The van der Waals surface area contributed by atoms with Crippen molar-refractivity contribution < 1.29 is 22.8 Å². The van der Waals surface area contributed by atoms with E-state index in [9.17, 15) is 18.3 Å². The van der Waals surface area contributed by atoms with Crippen molar-refractivity contribution in [1.29, 1.82) is 0 Å². The fourth-order valence-corrected chi connectivity index (χ4v) is 3.51. The summed E-state index contributed by atoms with van der Waals surface area (Å²) in [6, 6.07) is 0.